The molecule has 1 unspecified atom stereocenters. The molecule has 2 atom stereocenters. The van der Waals surface area contributed by atoms with Gasteiger partial charge in [-0.2, -0.15) is 39.5 Å². The smallest absolute Gasteiger partial charge is 0.416 e. The van der Waals surface area contributed by atoms with Crippen molar-refractivity contribution in [3.8, 4) is 0 Å². The number of anilines is 1. The summed E-state index contributed by atoms with van der Waals surface area (Å²) >= 11 is 0. The van der Waals surface area contributed by atoms with E-state index in [1.165, 1.54) is 4.90 Å². The highest BCUT2D eigenvalue weighted by molar-refractivity contribution is 5.90. The van der Waals surface area contributed by atoms with E-state index >= 15 is 0 Å². The molecule has 0 spiro atoms. The summed E-state index contributed by atoms with van der Waals surface area (Å²) in [4.78, 5) is 13.8. The van der Waals surface area contributed by atoms with E-state index in [0.29, 0.717) is 18.6 Å². The summed E-state index contributed by atoms with van der Waals surface area (Å²) in [6.45, 7) is 3.25. The first-order valence-corrected chi connectivity index (χ1v) is 11.0. The summed E-state index contributed by atoms with van der Waals surface area (Å²) in [6.07, 6.45) is -15.7. The molecule has 1 heterocycles. The first-order valence-electron chi connectivity index (χ1n) is 11.0. The number of carbonyl (C=O) groups excluding carboxylic acids is 1. The van der Waals surface area contributed by atoms with Crippen LogP contribution in [0.5, 0.6) is 0 Å². The molecule has 1 amide bonds. The lowest BCUT2D eigenvalue weighted by Gasteiger charge is -2.40. The summed E-state index contributed by atoms with van der Waals surface area (Å²) in [6, 6.07) is 3.19. The lowest BCUT2D eigenvalue weighted by molar-refractivity contribution is -0.143. The van der Waals surface area contributed by atoms with Gasteiger partial charge in [0.15, 0.2) is 0 Å². The van der Waals surface area contributed by atoms with Crippen LogP contribution in [0.25, 0.3) is 0 Å². The second-order valence-corrected chi connectivity index (χ2v) is 8.45. The Morgan fingerprint density at radius 1 is 0.861 bits per heavy atom. The van der Waals surface area contributed by atoms with Crippen LogP contribution in [0.15, 0.2) is 36.4 Å². The molecule has 0 aliphatic carbocycles. The van der Waals surface area contributed by atoms with E-state index in [1.807, 2.05) is 0 Å². The number of benzene rings is 2. The van der Waals surface area contributed by atoms with Gasteiger partial charge < -0.3 is 4.74 Å². The fourth-order valence-corrected chi connectivity index (χ4v) is 4.44. The molecule has 0 saturated heterocycles. The molecule has 2 aromatic carbocycles. The summed E-state index contributed by atoms with van der Waals surface area (Å²) in [5.74, 6) is -0.887. The van der Waals surface area contributed by atoms with Crippen molar-refractivity contribution in [3.05, 3.63) is 64.2 Å². The standard InChI is InChI=1S/C24H22F9NO2/c1-3-18-10-14(7-13-8-16(23(28,29)30)11-17(9-13)24(31,32)33)19-12-15(22(25,26)27)5-6-20(19)34(18)21(35)36-4-2/h5-6,8-9,11-12,14,18H,3-4,7,10H2,1-2H3/t14?,18-/m1/s1. The van der Waals surface area contributed by atoms with Crippen LogP contribution < -0.4 is 4.90 Å². The Labute approximate surface area is 200 Å². The highest BCUT2D eigenvalue weighted by Crippen LogP contribution is 2.45. The normalized spacial score (nSPS) is 18.7. The molecule has 0 radical (unpaired) electrons. The van der Waals surface area contributed by atoms with E-state index in [1.54, 1.807) is 13.8 Å². The zero-order valence-corrected chi connectivity index (χ0v) is 19.1. The minimum Gasteiger partial charge on any atom is -0.449 e. The van der Waals surface area contributed by atoms with E-state index < -0.39 is 59.7 Å². The highest BCUT2D eigenvalue weighted by atomic mass is 19.4. The summed E-state index contributed by atoms with van der Waals surface area (Å²) < 4.78 is 125. The number of amides is 1. The van der Waals surface area contributed by atoms with Gasteiger partial charge in [-0.25, -0.2) is 4.79 Å². The molecule has 1 aliphatic rings. The number of ether oxygens (including phenoxy) is 1. The van der Waals surface area contributed by atoms with Crippen LogP contribution in [-0.2, 0) is 29.7 Å². The summed E-state index contributed by atoms with van der Waals surface area (Å²) in [7, 11) is 0. The molecule has 0 fully saturated rings. The predicted molar refractivity (Wildman–Crippen MR) is 113 cm³/mol. The Morgan fingerprint density at radius 3 is 1.89 bits per heavy atom. The third kappa shape index (κ3) is 5.89. The Hall–Kier alpha value is -2.92. The van der Waals surface area contributed by atoms with Gasteiger partial charge in [0.25, 0.3) is 0 Å². The molecule has 3 rings (SSSR count). The van der Waals surface area contributed by atoms with Gasteiger partial charge in [0.2, 0.25) is 0 Å². The highest BCUT2D eigenvalue weighted by Gasteiger charge is 2.40. The molecule has 198 valence electrons. The van der Waals surface area contributed by atoms with Gasteiger partial charge >= 0.3 is 24.6 Å². The number of rotatable bonds is 4. The average molecular weight is 527 g/mol. The lowest BCUT2D eigenvalue weighted by atomic mass is 9.80. The number of hydrogen-bond donors (Lipinski definition) is 0. The lowest BCUT2D eigenvalue weighted by Crippen LogP contribution is -2.45. The molecule has 2 aromatic rings. The first-order chi connectivity index (χ1) is 16.6. The van der Waals surface area contributed by atoms with Crippen LogP contribution >= 0.6 is 0 Å². The number of carbonyl (C=O) groups is 1. The van der Waals surface area contributed by atoms with Crippen LogP contribution in [0, 0.1) is 0 Å². The van der Waals surface area contributed by atoms with Gasteiger partial charge in [0, 0.05) is 6.04 Å². The predicted octanol–water partition coefficient (Wildman–Crippen LogP) is 8.21. The number of halogens is 9. The minimum atomic E-state index is -5.06. The molecule has 3 nitrogen and oxygen atoms in total. The van der Waals surface area contributed by atoms with Gasteiger partial charge in [0.05, 0.1) is 29.0 Å². The average Bonchev–Trinajstić information content (AvgIpc) is 2.76. The van der Waals surface area contributed by atoms with Crippen LogP contribution in [0.1, 0.15) is 60.4 Å². The molecule has 12 heteroatoms. The monoisotopic (exact) mass is 527 g/mol. The second kappa shape index (κ2) is 9.85. The quantitative estimate of drug-likeness (QED) is 0.375. The zero-order chi connectivity index (χ0) is 27.1. The van der Waals surface area contributed by atoms with Gasteiger partial charge in [-0.05, 0) is 79.6 Å². The van der Waals surface area contributed by atoms with E-state index in [4.69, 9.17) is 4.74 Å². The fourth-order valence-electron chi connectivity index (χ4n) is 4.44. The van der Waals surface area contributed by atoms with Crippen molar-refractivity contribution in [2.75, 3.05) is 11.5 Å². The maximum Gasteiger partial charge on any atom is 0.416 e. The number of alkyl halides is 9. The SMILES string of the molecule is CCOC(=O)N1c2ccc(C(F)(F)F)cc2C(Cc2cc(C(F)(F)F)cc(C(F)(F)F)c2)C[C@H]1CC. The van der Waals surface area contributed by atoms with Crippen molar-refractivity contribution in [2.45, 2.75) is 63.6 Å². The van der Waals surface area contributed by atoms with Crippen LogP contribution in [0.3, 0.4) is 0 Å². The van der Waals surface area contributed by atoms with Gasteiger partial charge in [-0.15, -0.1) is 0 Å². The van der Waals surface area contributed by atoms with Crippen LogP contribution in [0.2, 0.25) is 0 Å². The second-order valence-electron chi connectivity index (χ2n) is 8.45. The molecular weight excluding hydrogens is 505 g/mol. The Balaban J connectivity index is 2.15. The number of hydrogen-bond acceptors (Lipinski definition) is 2. The molecule has 0 bridgehead atoms. The van der Waals surface area contributed by atoms with Crippen molar-refractivity contribution in [3.63, 3.8) is 0 Å². The van der Waals surface area contributed by atoms with Crippen molar-refractivity contribution >= 4 is 11.8 Å². The van der Waals surface area contributed by atoms with Gasteiger partial charge in [0.1, 0.15) is 0 Å². The molecular formula is C24H22F9NO2. The molecule has 0 N–H and O–H groups in total. The van der Waals surface area contributed by atoms with Crippen molar-refractivity contribution in [1.82, 2.24) is 0 Å². The molecule has 36 heavy (non-hydrogen) atoms. The van der Waals surface area contributed by atoms with Gasteiger partial charge in [-0.1, -0.05) is 6.92 Å². The maximum atomic E-state index is 13.4. The van der Waals surface area contributed by atoms with E-state index in [-0.39, 0.29) is 35.9 Å². The van der Waals surface area contributed by atoms with Crippen molar-refractivity contribution in [2.24, 2.45) is 0 Å². The summed E-state index contributed by atoms with van der Waals surface area (Å²) in [5.41, 5.74) is -4.32. The maximum absolute atomic E-state index is 13.4. The van der Waals surface area contributed by atoms with Crippen LogP contribution in [0.4, 0.5) is 50.0 Å². The zero-order valence-electron chi connectivity index (χ0n) is 19.1. The molecule has 0 aromatic heterocycles. The Morgan fingerprint density at radius 2 is 1.42 bits per heavy atom. The molecule has 1 aliphatic heterocycles. The Bertz CT molecular complexity index is 1070. The Kier molecular flexibility index (Phi) is 7.57. The minimum absolute atomic E-state index is 0.00257. The van der Waals surface area contributed by atoms with E-state index in [9.17, 15) is 44.3 Å². The fraction of sp³-hybridized carbons (Fsp3) is 0.458. The topological polar surface area (TPSA) is 29.5 Å². The first kappa shape index (κ1) is 27.7. The summed E-state index contributed by atoms with van der Waals surface area (Å²) in [5, 5.41) is 0. The molecule has 0 saturated carbocycles. The van der Waals surface area contributed by atoms with Crippen molar-refractivity contribution in [1.29, 1.82) is 0 Å². The number of nitrogens with zero attached hydrogens (tertiary/aromatic N) is 1. The number of fused-ring (bicyclic) bond motifs is 1. The van der Waals surface area contributed by atoms with Gasteiger partial charge in [-0.3, -0.25) is 4.90 Å². The third-order valence-electron chi connectivity index (χ3n) is 6.04. The van der Waals surface area contributed by atoms with E-state index in [0.717, 1.165) is 18.2 Å². The largest absolute Gasteiger partial charge is 0.449 e. The van der Waals surface area contributed by atoms with E-state index in [2.05, 4.69) is 0 Å². The van der Waals surface area contributed by atoms with Crippen LogP contribution in [-0.4, -0.2) is 18.7 Å². The third-order valence-corrected chi connectivity index (χ3v) is 6.04. The van der Waals surface area contributed by atoms with Crippen molar-refractivity contribution < 1.29 is 49.0 Å².